The first-order valence-corrected chi connectivity index (χ1v) is 9.60. The zero-order valence-corrected chi connectivity index (χ0v) is 15.6. The van der Waals surface area contributed by atoms with E-state index in [9.17, 15) is 9.59 Å². The van der Waals surface area contributed by atoms with E-state index in [1.807, 2.05) is 18.2 Å². The fourth-order valence-corrected chi connectivity index (χ4v) is 3.65. The SMILES string of the molecule is O=C(CCCn1c(=O)oc2ccccc21)NC1CCCN(c2ncccn2)C1. The molecule has 2 aromatic heterocycles. The lowest BCUT2D eigenvalue weighted by Gasteiger charge is -2.33. The predicted octanol–water partition coefficient (Wildman–Crippen LogP) is 1.95. The number of piperidine rings is 1. The number of aromatic nitrogens is 3. The molecule has 1 atom stereocenters. The van der Waals surface area contributed by atoms with Crippen LogP contribution in [0.4, 0.5) is 5.95 Å². The van der Waals surface area contributed by atoms with Crippen LogP contribution < -0.4 is 16.0 Å². The number of benzene rings is 1. The highest BCUT2D eigenvalue weighted by Crippen LogP contribution is 2.16. The molecular weight excluding hydrogens is 358 g/mol. The van der Waals surface area contributed by atoms with Crippen LogP contribution in [-0.2, 0) is 11.3 Å². The molecule has 0 saturated carbocycles. The first kappa shape index (κ1) is 18.2. The van der Waals surface area contributed by atoms with Crippen molar-refractivity contribution in [3.8, 4) is 0 Å². The van der Waals surface area contributed by atoms with Crippen LogP contribution in [0.25, 0.3) is 11.1 Å². The van der Waals surface area contributed by atoms with Gasteiger partial charge in [-0.1, -0.05) is 12.1 Å². The van der Waals surface area contributed by atoms with E-state index in [4.69, 9.17) is 4.42 Å². The highest BCUT2D eigenvalue weighted by molar-refractivity contribution is 5.76. The third kappa shape index (κ3) is 4.05. The van der Waals surface area contributed by atoms with Gasteiger partial charge in [0.1, 0.15) is 0 Å². The summed E-state index contributed by atoms with van der Waals surface area (Å²) in [6.07, 6.45) is 6.33. The van der Waals surface area contributed by atoms with Crippen LogP contribution in [0.2, 0.25) is 0 Å². The lowest BCUT2D eigenvalue weighted by Crippen LogP contribution is -2.48. The second-order valence-electron chi connectivity index (χ2n) is 6.99. The third-order valence-electron chi connectivity index (χ3n) is 4.98. The number of carbonyl (C=O) groups is 1. The second-order valence-corrected chi connectivity index (χ2v) is 6.99. The van der Waals surface area contributed by atoms with Gasteiger partial charge in [0.25, 0.3) is 0 Å². The number of carbonyl (C=O) groups excluding carboxylic acids is 1. The van der Waals surface area contributed by atoms with Gasteiger partial charge in [-0.3, -0.25) is 9.36 Å². The lowest BCUT2D eigenvalue weighted by molar-refractivity contribution is -0.122. The first-order chi connectivity index (χ1) is 13.7. The quantitative estimate of drug-likeness (QED) is 0.701. The Bertz CT molecular complexity index is 998. The van der Waals surface area contributed by atoms with Gasteiger partial charge in [-0.25, -0.2) is 14.8 Å². The Kier molecular flexibility index (Phi) is 5.36. The number of amides is 1. The summed E-state index contributed by atoms with van der Waals surface area (Å²) in [7, 11) is 0. The van der Waals surface area contributed by atoms with E-state index in [2.05, 4.69) is 20.2 Å². The number of anilines is 1. The summed E-state index contributed by atoms with van der Waals surface area (Å²) in [4.78, 5) is 35.0. The Morgan fingerprint density at radius 2 is 2.04 bits per heavy atom. The minimum atomic E-state index is -0.382. The minimum Gasteiger partial charge on any atom is -0.408 e. The van der Waals surface area contributed by atoms with Gasteiger partial charge in [0.2, 0.25) is 11.9 Å². The van der Waals surface area contributed by atoms with Crippen LogP contribution in [0.5, 0.6) is 0 Å². The summed E-state index contributed by atoms with van der Waals surface area (Å²) >= 11 is 0. The molecule has 0 aliphatic carbocycles. The summed E-state index contributed by atoms with van der Waals surface area (Å²) in [5, 5.41) is 3.10. The van der Waals surface area contributed by atoms with Crippen LogP contribution in [0, 0.1) is 0 Å². The maximum absolute atomic E-state index is 12.4. The molecular formula is C20H23N5O3. The fourth-order valence-electron chi connectivity index (χ4n) is 3.65. The van der Waals surface area contributed by atoms with E-state index >= 15 is 0 Å². The largest absolute Gasteiger partial charge is 0.419 e. The number of aryl methyl sites for hydroxylation is 1. The average molecular weight is 381 g/mol. The Morgan fingerprint density at radius 3 is 2.89 bits per heavy atom. The van der Waals surface area contributed by atoms with Crippen molar-refractivity contribution in [2.45, 2.75) is 38.3 Å². The molecule has 8 nitrogen and oxygen atoms in total. The number of nitrogens with one attached hydrogen (secondary N) is 1. The number of hydrogen-bond acceptors (Lipinski definition) is 6. The van der Waals surface area contributed by atoms with Gasteiger partial charge in [0, 0.05) is 44.5 Å². The normalized spacial score (nSPS) is 17.0. The molecule has 1 aromatic carbocycles. The summed E-state index contributed by atoms with van der Waals surface area (Å²) < 4.78 is 6.80. The lowest BCUT2D eigenvalue weighted by atomic mass is 10.1. The van der Waals surface area contributed by atoms with Crippen molar-refractivity contribution >= 4 is 23.0 Å². The van der Waals surface area contributed by atoms with Crippen molar-refractivity contribution in [2.24, 2.45) is 0 Å². The molecule has 1 amide bonds. The van der Waals surface area contributed by atoms with Gasteiger partial charge in [-0.2, -0.15) is 0 Å². The van der Waals surface area contributed by atoms with Crippen LogP contribution in [-0.4, -0.2) is 39.6 Å². The second kappa shape index (κ2) is 8.24. The Hall–Kier alpha value is -3.16. The molecule has 1 N–H and O–H groups in total. The molecule has 0 bridgehead atoms. The van der Waals surface area contributed by atoms with Crippen molar-refractivity contribution in [1.29, 1.82) is 0 Å². The van der Waals surface area contributed by atoms with E-state index in [1.54, 1.807) is 29.1 Å². The van der Waals surface area contributed by atoms with Crippen LogP contribution in [0.1, 0.15) is 25.7 Å². The maximum Gasteiger partial charge on any atom is 0.419 e. The number of nitrogens with zero attached hydrogens (tertiary/aromatic N) is 4. The molecule has 1 fully saturated rings. The van der Waals surface area contributed by atoms with Gasteiger partial charge in [-0.05, 0) is 37.5 Å². The third-order valence-corrected chi connectivity index (χ3v) is 4.98. The molecule has 3 heterocycles. The van der Waals surface area contributed by atoms with Gasteiger partial charge in [0.15, 0.2) is 5.58 Å². The van der Waals surface area contributed by atoms with Gasteiger partial charge in [-0.15, -0.1) is 0 Å². The van der Waals surface area contributed by atoms with E-state index in [-0.39, 0.29) is 17.7 Å². The Morgan fingerprint density at radius 1 is 1.21 bits per heavy atom. The van der Waals surface area contributed by atoms with E-state index in [1.165, 1.54) is 0 Å². The van der Waals surface area contributed by atoms with Gasteiger partial charge < -0.3 is 14.6 Å². The zero-order valence-electron chi connectivity index (χ0n) is 15.6. The first-order valence-electron chi connectivity index (χ1n) is 9.60. The number of oxazole rings is 1. The molecule has 0 spiro atoms. The van der Waals surface area contributed by atoms with Crippen molar-refractivity contribution in [2.75, 3.05) is 18.0 Å². The Balaban J connectivity index is 1.28. The van der Waals surface area contributed by atoms with E-state index in [0.29, 0.717) is 37.5 Å². The van der Waals surface area contributed by atoms with Crippen molar-refractivity contribution in [3.63, 3.8) is 0 Å². The number of fused-ring (bicyclic) bond motifs is 1. The predicted molar refractivity (Wildman–Crippen MR) is 105 cm³/mol. The molecule has 8 heteroatoms. The summed E-state index contributed by atoms with van der Waals surface area (Å²) in [6.45, 7) is 2.06. The zero-order chi connectivity index (χ0) is 19.3. The van der Waals surface area contributed by atoms with Crippen LogP contribution in [0.3, 0.4) is 0 Å². The Labute approximate surface area is 162 Å². The minimum absolute atomic E-state index is 0.00156. The summed E-state index contributed by atoms with van der Waals surface area (Å²) in [5.74, 6) is 0.321. The highest BCUT2D eigenvalue weighted by atomic mass is 16.4. The monoisotopic (exact) mass is 381 g/mol. The average Bonchev–Trinajstić information content (AvgIpc) is 3.04. The maximum atomic E-state index is 12.4. The molecule has 1 aliphatic rings. The van der Waals surface area contributed by atoms with Gasteiger partial charge >= 0.3 is 5.76 Å². The molecule has 0 radical (unpaired) electrons. The topological polar surface area (TPSA) is 93.3 Å². The van der Waals surface area contributed by atoms with E-state index < -0.39 is 0 Å². The van der Waals surface area contributed by atoms with Crippen LogP contribution in [0.15, 0.2) is 51.9 Å². The summed E-state index contributed by atoms with van der Waals surface area (Å²) in [6, 6.07) is 9.19. The molecule has 4 rings (SSSR count). The molecule has 1 unspecified atom stereocenters. The fraction of sp³-hybridized carbons (Fsp3) is 0.400. The standard InChI is InChI=1S/C20H23N5O3/c26-18(9-4-13-25-16-7-1-2-8-17(16)28-20(25)27)23-15-6-3-12-24(14-15)19-21-10-5-11-22-19/h1-2,5,7-8,10-11,15H,3-4,6,9,12-14H2,(H,23,26). The van der Waals surface area contributed by atoms with Crippen molar-refractivity contribution < 1.29 is 9.21 Å². The number of rotatable bonds is 6. The van der Waals surface area contributed by atoms with Crippen molar-refractivity contribution in [1.82, 2.24) is 19.9 Å². The van der Waals surface area contributed by atoms with E-state index in [0.717, 1.165) is 24.9 Å². The molecule has 1 aliphatic heterocycles. The molecule has 1 saturated heterocycles. The molecule has 28 heavy (non-hydrogen) atoms. The van der Waals surface area contributed by atoms with Crippen molar-refractivity contribution in [3.05, 3.63) is 53.3 Å². The number of hydrogen-bond donors (Lipinski definition) is 1. The van der Waals surface area contributed by atoms with Crippen LogP contribution >= 0.6 is 0 Å². The molecule has 146 valence electrons. The van der Waals surface area contributed by atoms with Gasteiger partial charge in [0.05, 0.1) is 5.52 Å². The molecule has 3 aromatic rings. The highest BCUT2D eigenvalue weighted by Gasteiger charge is 2.22. The summed E-state index contributed by atoms with van der Waals surface area (Å²) in [5.41, 5.74) is 1.33. The smallest absolute Gasteiger partial charge is 0.408 e. The number of para-hydroxylation sites is 2.